The van der Waals surface area contributed by atoms with Crippen LogP contribution >= 0.6 is 15.9 Å². The van der Waals surface area contributed by atoms with Gasteiger partial charge >= 0.3 is 0 Å². The number of carbonyl (C=O) groups is 1. The summed E-state index contributed by atoms with van der Waals surface area (Å²) in [5.41, 5.74) is 2.04. The van der Waals surface area contributed by atoms with Crippen molar-refractivity contribution in [3.05, 3.63) is 58.6 Å². The van der Waals surface area contributed by atoms with E-state index >= 15 is 0 Å². The van der Waals surface area contributed by atoms with Gasteiger partial charge in [0.2, 0.25) is 15.9 Å². The monoisotopic (exact) mass is 490 g/mol. The molecule has 30 heavy (non-hydrogen) atoms. The van der Waals surface area contributed by atoms with Crippen molar-refractivity contribution >= 4 is 37.5 Å². The molecular weight excluding hydrogens is 464 g/mol. The van der Waals surface area contributed by atoms with Crippen LogP contribution in [0.3, 0.4) is 0 Å². The van der Waals surface area contributed by atoms with Crippen molar-refractivity contribution in [3.63, 3.8) is 0 Å². The van der Waals surface area contributed by atoms with Crippen molar-refractivity contribution in [3.8, 4) is 0 Å². The zero-order valence-corrected chi connectivity index (χ0v) is 19.5. The lowest BCUT2D eigenvalue weighted by molar-refractivity contribution is -0.119. The predicted molar refractivity (Wildman–Crippen MR) is 122 cm³/mol. The van der Waals surface area contributed by atoms with E-state index in [2.05, 4.69) is 15.9 Å². The van der Waals surface area contributed by atoms with E-state index in [0.717, 1.165) is 54.2 Å². The van der Waals surface area contributed by atoms with Gasteiger partial charge in [-0.1, -0.05) is 53.4 Å². The van der Waals surface area contributed by atoms with Crippen LogP contribution in [0.1, 0.15) is 44.6 Å². The molecule has 1 heterocycles. The Morgan fingerprint density at radius 3 is 2.43 bits per heavy atom. The van der Waals surface area contributed by atoms with E-state index in [9.17, 15) is 13.2 Å². The van der Waals surface area contributed by atoms with E-state index in [1.165, 1.54) is 4.31 Å². The standard InChI is InChI=1S/C23H27BrN2O3S/c1-17-15-18-7-5-6-10-22(18)26(17)23(27)16-25(20-8-3-2-4-9-20)30(28,29)21-13-11-19(24)12-14-21/h5-7,10-14,17,20H,2-4,8-9,15-16H2,1H3/t17-/m1/s1. The van der Waals surface area contributed by atoms with E-state index in [-0.39, 0.29) is 29.4 Å². The molecule has 1 amide bonds. The fourth-order valence-electron chi connectivity index (χ4n) is 4.68. The highest BCUT2D eigenvalue weighted by molar-refractivity contribution is 9.10. The van der Waals surface area contributed by atoms with E-state index in [4.69, 9.17) is 0 Å². The van der Waals surface area contributed by atoms with Gasteiger partial charge in [-0.15, -0.1) is 0 Å². The average Bonchev–Trinajstić information content (AvgIpc) is 3.08. The van der Waals surface area contributed by atoms with Crippen LogP contribution in [-0.4, -0.2) is 37.3 Å². The summed E-state index contributed by atoms with van der Waals surface area (Å²) in [6.45, 7) is 1.90. The van der Waals surface area contributed by atoms with Gasteiger partial charge in [-0.25, -0.2) is 8.42 Å². The number of fused-ring (bicyclic) bond motifs is 1. The molecule has 0 bridgehead atoms. The van der Waals surface area contributed by atoms with Gasteiger partial charge in [-0.2, -0.15) is 4.31 Å². The molecule has 1 aliphatic heterocycles. The fraction of sp³-hybridized carbons (Fsp3) is 0.435. The summed E-state index contributed by atoms with van der Waals surface area (Å²) < 4.78 is 29.4. The second kappa shape index (κ2) is 8.81. The summed E-state index contributed by atoms with van der Waals surface area (Å²) in [4.78, 5) is 15.4. The minimum Gasteiger partial charge on any atom is -0.308 e. The van der Waals surface area contributed by atoms with Crippen molar-refractivity contribution < 1.29 is 13.2 Å². The van der Waals surface area contributed by atoms with Crippen LogP contribution < -0.4 is 4.90 Å². The summed E-state index contributed by atoms with van der Waals surface area (Å²) >= 11 is 3.36. The first kappa shape index (κ1) is 21.5. The number of para-hydroxylation sites is 1. The Balaban J connectivity index is 1.65. The largest absolute Gasteiger partial charge is 0.308 e. The lowest BCUT2D eigenvalue weighted by Crippen LogP contribution is -2.49. The maximum atomic E-state index is 13.6. The highest BCUT2D eigenvalue weighted by Gasteiger charge is 2.37. The van der Waals surface area contributed by atoms with Crippen LogP contribution in [0.4, 0.5) is 5.69 Å². The number of benzene rings is 2. The minimum absolute atomic E-state index is 0.0264. The molecule has 0 aromatic heterocycles. The number of rotatable bonds is 5. The molecule has 7 heteroatoms. The van der Waals surface area contributed by atoms with Crippen molar-refractivity contribution in [2.45, 2.75) is 62.4 Å². The molecule has 1 saturated carbocycles. The molecule has 2 aliphatic rings. The van der Waals surface area contributed by atoms with E-state index in [0.29, 0.717) is 0 Å². The Kier molecular flexibility index (Phi) is 6.32. The quantitative estimate of drug-likeness (QED) is 0.607. The number of hydrogen-bond donors (Lipinski definition) is 0. The molecule has 2 aromatic rings. The maximum Gasteiger partial charge on any atom is 0.243 e. The molecule has 1 atom stereocenters. The molecule has 1 aliphatic carbocycles. The predicted octanol–water partition coefficient (Wildman–Crippen LogP) is 4.75. The lowest BCUT2D eigenvalue weighted by atomic mass is 9.95. The molecule has 160 valence electrons. The Bertz CT molecular complexity index is 1020. The van der Waals surface area contributed by atoms with Gasteiger partial charge in [0.15, 0.2) is 0 Å². The Hall–Kier alpha value is -1.70. The third-order valence-corrected chi connectivity index (χ3v) is 8.61. The highest BCUT2D eigenvalue weighted by atomic mass is 79.9. The Labute approximate surface area is 187 Å². The zero-order valence-electron chi connectivity index (χ0n) is 17.1. The summed E-state index contributed by atoms with van der Waals surface area (Å²) in [5.74, 6) is -0.154. The SMILES string of the molecule is C[C@@H]1Cc2ccccc2N1C(=O)CN(C1CCCCC1)S(=O)(=O)c1ccc(Br)cc1. The smallest absolute Gasteiger partial charge is 0.243 e. The highest BCUT2D eigenvalue weighted by Crippen LogP contribution is 2.33. The fourth-order valence-corrected chi connectivity index (χ4v) is 6.58. The van der Waals surface area contributed by atoms with Crippen LogP contribution in [0.25, 0.3) is 0 Å². The van der Waals surface area contributed by atoms with E-state index in [1.54, 1.807) is 29.2 Å². The number of amides is 1. The van der Waals surface area contributed by atoms with Crippen LogP contribution in [-0.2, 0) is 21.2 Å². The molecule has 4 rings (SSSR count). The normalized spacial score (nSPS) is 19.8. The van der Waals surface area contributed by atoms with Gasteiger partial charge in [0, 0.05) is 22.2 Å². The van der Waals surface area contributed by atoms with Crippen LogP contribution in [0.15, 0.2) is 57.9 Å². The number of nitrogens with zero attached hydrogens (tertiary/aromatic N) is 2. The van der Waals surface area contributed by atoms with Gasteiger partial charge in [0.05, 0.1) is 11.4 Å². The van der Waals surface area contributed by atoms with Gasteiger partial charge < -0.3 is 4.90 Å². The summed E-state index contributed by atoms with van der Waals surface area (Å²) in [5, 5.41) is 0. The lowest BCUT2D eigenvalue weighted by Gasteiger charge is -2.34. The van der Waals surface area contributed by atoms with E-state index < -0.39 is 10.0 Å². The Morgan fingerprint density at radius 2 is 1.73 bits per heavy atom. The van der Waals surface area contributed by atoms with Crippen molar-refractivity contribution in [2.24, 2.45) is 0 Å². The van der Waals surface area contributed by atoms with Crippen molar-refractivity contribution in [2.75, 3.05) is 11.4 Å². The Morgan fingerprint density at radius 1 is 1.07 bits per heavy atom. The minimum atomic E-state index is -3.77. The third-order valence-electron chi connectivity index (χ3n) is 6.17. The number of carbonyl (C=O) groups excluding carboxylic acids is 1. The topological polar surface area (TPSA) is 57.7 Å². The van der Waals surface area contributed by atoms with Crippen molar-refractivity contribution in [1.29, 1.82) is 0 Å². The number of hydrogen-bond acceptors (Lipinski definition) is 3. The average molecular weight is 491 g/mol. The first-order valence-corrected chi connectivity index (χ1v) is 12.8. The van der Waals surface area contributed by atoms with Crippen LogP contribution in [0.2, 0.25) is 0 Å². The first-order valence-electron chi connectivity index (χ1n) is 10.6. The molecule has 1 fully saturated rings. The first-order chi connectivity index (χ1) is 14.4. The van der Waals surface area contributed by atoms with Gasteiger partial charge in [0.25, 0.3) is 0 Å². The molecule has 0 unspecified atom stereocenters. The van der Waals surface area contributed by atoms with Crippen molar-refractivity contribution in [1.82, 2.24) is 4.31 Å². The zero-order chi connectivity index (χ0) is 21.3. The molecule has 0 radical (unpaired) electrons. The number of sulfonamides is 1. The van der Waals surface area contributed by atoms with Gasteiger partial charge in [-0.3, -0.25) is 4.79 Å². The van der Waals surface area contributed by atoms with Crippen LogP contribution in [0.5, 0.6) is 0 Å². The van der Waals surface area contributed by atoms with E-state index in [1.807, 2.05) is 31.2 Å². The molecule has 5 nitrogen and oxygen atoms in total. The van der Waals surface area contributed by atoms with Gasteiger partial charge in [-0.05, 0) is 62.1 Å². The molecular formula is C23H27BrN2O3S. The number of anilines is 1. The van der Waals surface area contributed by atoms with Crippen LogP contribution in [0, 0.1) is 0 Å². The van der Waals surface area contributed by atoms with Gasteiger partial charge in [0.1, 0.15) is 0 Å². The second-order valence-corrected chi connectivity index (χ2v) is 11.0. The maximum absolute atomic E-state index is 13.6. The summed E-state index contributed by atoms with van der Waals surface area (Å²) in [7, 11) is -3.77. The molecule has 0 saturated heterocycles. The second-order valence-electron chi connectivity index (χ2n) is 8.24. The third kappa shape index (κ3) is 4.20. The number of halogens is 1. The molecule has 0 spiro atoms. The molecule has 0 N–H and O–H groups in total. The summed E-state index contributed by atoms with van der Waals surface area (Å²) in [6.07, 6.45) is 5.50. The summed E-state index contributed by atoms with van der Waals surface area (Å²) in [6, 6.07) is 14.4. The molecule has 2 aromatic carbocycles.